The van der Waals surface area contributed by atoms with E-state index in [0.29, 0.717) is 18.0 Å². The average molecular weight is 253 g/mol. The first-order valence-electron chi connectivity index (χ1n) is 5.58. The van der Waals surface area contributed by atoms with Crippen LogP contribution in [0.5, 0.6) is 0 Å². The van der Waals surface area contributed by atoms with Gasteiger partial charge in [0.2, 0.25) is 0 Å². The lowest BCUT2D eigenvalue weighted by atomic mass is 10.3. The molecule has 0 aliphatic rings. The van der Waals surface area contributed by atoms with Crippen LogP contribution in [0.1, 0.15) is 12.0 Å². The van der Waals surface area contributed by atoms with E-state index < -0.39 is 0 Å². The molecule has 17 heavy (non-hydrogen) atoms. The Bertz CT molecular complexity index is 353. The van der Waals surface area contributed by atoms with Gasteiger partial charge >= 0.3 is 0 Å². The first kappa shape index (κ1) is 13.9. The standard InChI is InChI=1S/C12H19N3OS/c1-10-3-4-12(14-9-10)15(7-8-16-2)6-5-11(13)17/h3-4,9H,5-8H2,1-2H3,(H2,13,17). The van der Waals surface area contributed by atoms with Crippen molar-refractivity contribution in [2.24, 2.45) is 5.73 Å². The Morgan fingerprint density at radius 1 is 1.47 bits per heavy atom. The van der Waals surface area contributed by atoms with Crippen LogP contribution in [0, 0.1) is 6.92 Å². The van der Waals surface area contributed by atoms with Crippen molar-refractivity contribution in [1.82, 2.24) is 4.98 Å². The van der Waals surface area contributed by atoms with Gasteiger partial charge in [0.05, 0.1) is 11.6 Å². The normalized spacial score (nSPS) is 10.2. The van der Waals surface area contributed by atoms with Gasteiger partial charge < -0.3 is 15.4 Å². The van der Waals surface area contributed by atoms with Crippen LogP contribution in [0.3, 0.4) is 0 Å². The van der Waals surface area contributed by atoms with Gasteiger partial charge in [0, 0.05) is 32.8 Å². The summed E-state index contributed by atoms with van der Waals surface area (Å²) in [5.74, 6) is 0.934. The zero-order valence-electron chi connectivity index (χ0n) is 10.3. The molecule has 0 aliphatic heterocycles. The minimum atomic E-state index is 0.527. The topological polar surface area (TPSA) is 51.4 Å². The van der Waals surface area contributed by atoms with E-state index in [-0.39, 0.29) is 0 Å². The zero-order valence-corrected chi connectivity index (χ0v) is 11.2. The smallest absolute Gasteiger partial charge is 0.128 e. The summed E-state index contributed by atoms with van der Waals surface area (Å²) < 4.78 is 5.09. The average Bonchev–Trinajstić information content (AvgIpc) is 2.30. The summed E-state index contributed by atoms with van der Waals surface area (Å²) >= 11 is 4.90. The van der Waals surface area contributed by atoms with Crippen LogP contribution in [0.25, 0.3) is 0 Å². The van der Waals surface area contributed by atoms with Crippen molar-refractivity contribution in [1.29, 1.82) is 0 Å². The second kappa shape index (κ2) is 7.19. The van der Waals surface area contributed by atoms with E-state index in [9.17, 15) is 0 Å². The van der Waals surface area contributed by atoms with Gasteiger partial charge in [-0.25, -0.2) is 4.98 Å². The van der Waals surface area contributed by atoms with Gasteiger partial charge in [0.15, 0.2) is 0 Å². The Balaban J connectivity index is 2.67. The number of ether oxygens (including phenoxy) is 1. The van der Waals surface area contributed by atoms with Crippen molar-refractivity contribution >= 4 is 23.0 Å². The number of aromatic nitrogens is 1. The van der Waals surface area contributed by atoms with E-state index in [2.05, 4.69) is 9.88 Å². The van der Waals surface area contributed by atoms with Gasteiger partial charge in [0.25, 0.3) is 0 Å². The fourth-order valence-corrected chi connectivity index (χ4v) is 1.53. The van der Waals surface area contributed by atoms with Gasteiger partial charge in [0.1, 0.15) is 5.82 Å². The van der Waals surface area contributed by atoms with Gasteiger partial charge in [-0.05, 0) is 18.6 Å². The lowest BCUT2D eigenvalue weighted by Gasteiger charge is -2.23. The molecule has 0 radical (unpaired) electrons. The number of pyridine rings is 1. The predicted octanol–water partition coefficient (Wildman–Crippen LogP) is 1.52. The lowest BCUT2D eigenvalue weighted by Crippen LogP contribution is -2.31. The van der Waals surface area contributed by atoms with Crippen molar-refractivity contribution < 1.29 is 4.74 Å². The van der Waals surface area contributed by atoms with E-state index in [1.54, 1.807) is 7.11 Å². The maximum absolute atomic E-state index is 5.52. The molecule has 94 valence electrons. The minimum absolute atomic E-state index is 0.527. The molecular formula is C12H19N3OS. The largest absolute Gasteiger partial charge is 0.393 e. The fraction of sp³-hybridized carbons (Fsp3) is 0.500. The number of rotatable bonds is 7. The van der Waals surface area contributed by atoms with Crippen LogP contribution in [-0.2, 0) is 4.74 Å². The predicted molar refractivity (Wildman–Crippen MR) is 74.5 cm³/mol. The van der Waals surface area contributed by atoms with E-state index in [0.717, 1.165) is 24.5 Å². The molecule has 0 atom stereocenters. The molecule has 5 heteroatoms. The van der Waals surface area contributed by atoms with Crippen LogP contribution in [0.2, 0.25) is 0 Å². The first-order valence-corrected chi connectivity index (χ1v) is 5.99. The third-order valence-electron chi connectivity index (χ3n) is 2.41. The highest BCUT2D eigenvalue weighted by Crippen LogP contribution is 2.11. The van der Waals surface area contributed by atoms with Crippen molar-refractivity contribution in [2.45, 2.75) is 13.3 Å². The van der Waals surface area contributed by atoms with Gasteiger partial charge in [-0.15, -0.1) is 0 Å². The number of nitrogens with two attached hydrogens (primary N) is 1. The van der Waals surface area contributed by atoms with Crippen molar-refractivity contribution in [3.05, 3.63) is 23.9 Å². The van der Waals surface area contributed by atoms with Crippen LogP contribution in [0.4, 0.5) is 5.82 Å². The van der Waals surface area contributed by atoms with E-state index in [1.807, 2.05) is 25.3 Å². The quantitative estimate of drug-likeness (QED) is 0.747. The Kier molecular flexibility index (Phi) is 5.86. The second-order valence-electron chi connectivity index (χ2n) is 3.89. The molecule has 0 saturated heterocycles. The number of hydrogen-bond acceptors (Lipinski definition) is 4. The number of thiocarbonyl (C=S) groups is 1. The fourth-order valence-electron chi connectivity index (χ4n) is 1.43. The van der Waals surface area contributed by atoms with Crippen molar-refractivity contribution in [2.75, 3.05) is 31.7 Å². The zero-order chi connectivity index (χ0) is 12.7. The van der Waals surface area contributed by atoms with E-state index in [1.165, 1.54) is 0 Å². The summed E-state index contributed by atoms with van der Waals surface area (Å²) in [7, 11) is 1.69. The molecule has 0 spiro atoms. The summed E-state index contributed by atoms with van der Waals surface area (Å²) in [6, 6.07) is 4.05. The number of aryl methyl sites for hydroxylation is 1. The number of anilines is 1. The van der Waals surface area contributed by atoms with Crippen LogP contribution < -0.4 is 10.6 Å². The SMILES string of the molecule is COCCN(CCC(N)=S)c1ccc(C)cn1. The molecular weight excluding hydrogens is 234 g/mol. The summed E-state index contributed by atoms with van der Waals surface area (Å²) in [4.78, 5) is 7.05. The number of methoxy groups -OCH3 is 1. The monoisotopic (exact) mass is 253 g/mol. The molecule has 0 aromatic carbocycles. The number of nitrogens with zero attached hydrogens (tertiary/aromatic N) is 2. The van der Waals surface area contributed by atoms with Gasteiger partial charge in [-0.1, -0.05) is 18.3 Å². The molecule has 0 unspecified atom stereocenters. The van der Waals surface area contributed by atoms with Crippen LogP contribution in [-0.4, -0.2) is 36.8 Å². The number of hydrogen-bond donors (Lipinski definition) is 1. The summed E-state index contributed by atoms with van der Waals surface area (Å²) in [5.41, 5.74) is 6.67. The molecule has 1 aromatic rings. The lowest BCUT2D eigenvalue weighted by molar-refractivity contribution is 0.205. The molecule has 1 heterocycles. The molecule has 1 rings (SSSR count). The second-order valence-corrected chi connectivity index (χ2v) is 4.41. The molecule has 0 bridgehead atoms. The third-order valence-corrected chi connectivity index (χ3v) is 2.62. The Morgan fingerprint density at radius 2 is 2.24 bits per heavy atom. The Hall–Kier alpha value is -1.20. The molecule has 0 saturated carbocycles. The summed E-state index contributed by atoms with van der Waals surface area (Å²) in [5, 5.41) is 0. The van der Waals surface area contributed by atoms with E-state index in [4.69, 9.17) is 22.7 Å². The molecule has 2 N–H and O–H groups in total. The molecule has 0 amide bonds. The highest BCUT2D eigenvalue weighted by molar-refractivity contribution is 7.80. The molecule has 0 aliphatic carbocycles. The summed E-state index contributed by atoms with van der Waals surface area (Å²) in [6.07, 6.45) is 2.55. The molecule has 1 aromatic heterocycles. The molecule has 0 fully saturated rings. The van der Waals surface area contributed by atoms with Gasteiger partial charge in [-0.3, -0.25) is 0 Å². The van der Waals surface area contributed by atoms with Crippen LogP contribution >= 0.6 is 12.2 Å². The van der Waals surface area contributed by atoms with Crippen molar-refractivity contribution in [3.8, 4) is 0 Å². The van der Waals surface area contributed by atoms with Crippen LogP contribution in [0.15, 0.2) is 18.3 Å². The summed E-state index contributed by atoms with van der Waals surface area (Å²) in [6.45, 7) is 4.24. The Labute approximate surface area is 108 Å². The molecule has 4 nitrogen and oxygen atoms in total. The van der Waals surface area contributed by atoms with Gasteiger partial charge in [-0.2, -0.15) is 0 Å². The highest BCUT2D eigenvalue weighted by Gasteiger charge is 2.07. The maximum atomic E-state index is 5.52. The third kappa shape index (κ3) is 5.10. The maximum Gasteiger partial charge on any atom is 0.128 e. The first-order chi connectivity index (χ1) is 8.13. The Morgan fingerprint density at radius 3 is 2.76 bits per heavy atom. The highest BCUT2D eigenvalue weighted by atomic mass is 32.1. The minimum Gasteiger partial charge on any atom is -0.393 e. The van der Waals surface area contributed by atoms with Crippen molar-refractivity contribution in [3.63, 3.8) is 0 Å². The van der Waals surface area contributed by atoms with E-state index >= 15 is 0 Å².